The molecule has 0 aliphatic heterocycles. The van der Waals surface area contributed by atoms with Crippen LogP contribution in [0.15, 0.2) is 16.8 Å². The van der Waals surface area contributed by atoms with Crippen molar-refractivity contribution in [3.05, 3.63) is 35.4 Å². The third-order valence-electron chi connectivity index (χ3n) is 2.14. The SMILES string of the molecule is Cc1nc(CNC(=O)c2ccnc(N)c2F)no1. The van der Waals surface area contributed by atoms with Crippen LogP contribution in [0.1, 0.15) is 22.1 Å². The number of anilines is 1. The number of nitrogens with two attached hydrogens (primary N) is 1. The summed E-state index contributed by atoms with van der Waals surface area (Å²) >= 11 is 0. The second-order valence-electron chi connectivity index (χ2n) is 3.47. The first-order chi connectivity index (χ1) is 8.58. The van der Waals surface area contributed by atoms with E-state index in [4.69, 9.17) is 10.3 Å². The number of nitrogens with zero attached hydrogens (tertiary/aromatic N) is 3. The summed E-state index contributed by atoms with van der Waals surface area (Å²) in [5, 5.41) is 6.04. The third kappa shape index (κ3) is 2.42. The Kier molecular flexibility index (Phi) is 3.18. The van der Waals surface area contributed by atoms with Crippen molar-refractivity contribution < 1.29 is 13.7 Å². The van der Waals surface area contributed by atoms with E-state index in [0.29, 0.717) is 11.7 Å². The maximum atomic E-state index is 13.5. The minimum Gasteiger partial charge on any atom is -0.381 e. The molecule has 2 heterocycles. The molecule has 0 unspecified atom stereocenters. The van der Waals surface area contributed by atoms with Crippen molar-refractivity contribution in [2.75, 3.05) is 5.73 Å². The number of rotatable bonds is 3. The summed E-state index contributed by atoms with van der Waals surface area (Å²) in [6.07, 6.45) is 1.26. The smallest absolute Gasteiger partial charge is 0.254 e. The van der Waals surface area contributed by atoms with Crippen molar-refractivity contribution >= 4 is 11.7 Å². The molecule has 8 heteroatoms. The van der Waals surface area contributed by atoms with Crippen molar-refractivity contribution in [2.45, 2.75) is 13.5 Å². The van der Waals surface area contributed by atoms with Gasteiger partial charge in [-0.15, -0.1) is 0 Å². The summed E-state index contributed by atoms with van der Waals surface area (Å²) in [6, 6.07) is 1.24. The number of hydrogen-bond donors (Lipinski definition) is 2. The molecule has 2 rings (SSSR count). The van der Waals surface area contributed by atoms with Gasteiger partial charge in [-0.2, -0.15) is 4.98 Å². The van der Waals surface area contributed by atoms with Crippen LogP contribution in [0.2, 0.25) is 0 Å². The molecule has 1 amide bonds. The molecule has 2 aromatic heterocycles. The number of aryl methyl sites for hydroxylation is 1. The summed E-state index contributed by atoms with van der Waals surface area (Å²) in [5.41, 5.74) is 5.09. The Morgan fingerprint density at radius 1 is 1.61 bits per heavy atom. The van der Waals surface area contributed by atoms with Gasteiger partial charge < -0.3 is 15.6 Å². The predicted octanol–water partition coefficient (Wildman–Crippen LogP) is 0.424. The molecule has 0 aliphatic carbocycles. The molecule has 0 aromatic carbocycles. The number of nitrogen functional groups attached to an aromatic ring is 1. The van der Waals surface area contributed by atoms with Crippen LogP contribution in [-0.4, -0.2) is 21.0 Å². The summed E-state index contributed by atoms with van der Waals surface area (Å²) in [7, 11) is 0. The van der Waals surface area contributed by atoms with Gasteiger partial charge in [0.1, 0.15) is 0 Å². The average Bonchev–Trinajstić information content (AvgIpc) is 2.76. The minimum absolute atomic E-state index is 0.0395. The van der Waals surface area contributed by atoms with Crippen LogP contribution in [0.25, 0.3) is 0 Å². The fourth-order valence-corrected chi connectivity index (χ4v) is 1.30. The Hall–Kier alpha value is -2.51. The Morgan fingerprint density at radius 3 is 3.06 bits per heavy atom. The molecule has 0 fully saturated rings. The Bertz CT molecular complexity index is 583. The molecule has 7 nitrogen and oxygen atoms in total. The zero-order chi connectivity index (χ0) is 13.1. The monoisotopic (exact) mass is 251 g/mol. The lowest BCUT2D eigenvalue weighted by atomic mass is 10.2. The van der Waals surface area contributed by atoms with E-state index in [0.717, 1.165) is 0 Å². The van der Waals surface area contributed by atoms with Gasteiger partial charge in [0.05, 0.1) is 12.1 Å². The van der Waals surface area contributed by atoms with E-state index in [1.807, 2.05) is 0 Å². The molecule has 0 saturated carbocycles. The lowest BCUT2D eigenvalue weighted by molar-refractivity contribution is 0.0945. The maximum Gasteiger partial charge on any atom is 0.254 e. The van der Waals surface area contributed by atoms with E-state index in [9.17, 15) is 9.18 Å². The van der Waals surface area contributed by atoms with Crippen LogP contribution in [0.3, 0.4) is 0 Å². The number of nitrogens with one attached hydrogen (secondary N) is 1. The number of hydrogen-bond acceptors (Lipinski definition) is 6. The van der Waals surface area contributed by atoms with Crippen molar-refractivity contribution in [2.24, 2.45) is 0 Å². The van der Waals surface area contributed by atoms with E-state index >= 15 is 0 Å². The van der Waals surface area contributed by atoms with Crippen LogP contribution in [0, 0.1) is 12.7 Å². The second-order valence-corrected chi connectivity index (χ2v) is 3.47. The van der Waals surface area contributed by atoms with Gasteiger partial charge in [0.25, 0.3) is 5.91 Å². The first kappa shape index (κ1) is 12.0. The fourth-order valence-electron chi connectivity index (χ4n) is 1.30. The molecule has 0 bridgehead atoms. The van der Waals surface area contributed by atoms with Crippen LogP contribution < -0.4 is 11.1 Å². The summed E-state index contributed by atoms with van der Waals surface area (Å²) < 4.78 is 18.2. The largest absolute Gasteiger partial charge is 0.381 e. The molecule has 0 saturated heterocycles. The minimum atomic E-state index is -0.848. The molecule has 0 aliphatic rings. The standard InChI is InChI=1S/C10H10FN5O2/c1-5-15-7(16-18-5)4-14-10(17)6-2-3-13-9(12)8(6)11/h2-3H,4H2,1H3,(H2,12,13)(H,14,17). The Labute approximate surface area is 101 Å². The van der Waals surface area contributed by atoms with E-state index in [2.05, 4.69) is 20.4 Å². The maximum absolute atomic E-state index is 13.5. The van der Waals surface area contributed by atoms with Gasteiger partial charge >= 0.3 is 0 Å². The first-order valence-corrected chi connectivity index (χ1v) is 5.05. The molecular weight excluding hydrogens is 241 g/mol. The van der Waals surface area contributed by atoms with Crippen LogP contribution in [0.5, 0.6) is 0 Å². The van der Waals surface area contributed by atoms with Crippen molar-refractivity contribution in [1.82, 2.24) is 20.4 Å². The van der Waals surface area contributed by atoms with Gasteiger partial charge in [-0.3, -0.25) is 4.79 Å². The third-order valence-corrected chi connectivity index (χ3v) is 2.14. The molecule has 2 aromatic rings. The van der Waals surface area contributed by atoms with Crippen molar-refractivity contribution in [3.8, 4) is 0 Å². The number of pyridine rings is 1. The highest BCUT2D eigenvalue weighted by molar-refractivity contribution is 5.94. The molecule has 94 valence electrons. The first-order valence-electron chi connectivity index (χ1n) is 5.05. The Balaban J connectivity index is 2.06. The van der Waals surface area contributed by atoms with E-state index in [1.165, 1.54) is 12.3 Å². The second kappa shape index (κ2) is 4.78. The number of aromatic nitrogens is 3. The molecular formula is C10H10FN5O2. The predicted molar refractivity (Wildman–Crippen MR) is 58.8 cm³/mol. The van der Waals surface area contributed by atoms with Gasteiger partial charge in [-0.25, -0.2) is 9.37 Å². The van der Waals surface area contributed by atoms with Gasteiger partial charge in [0.2, 0.25) is 5.89 Å². The molecule has 0 spiro atoms. The fraction of sp³-hybridized carbons (Fsp3) is 0.200. The topological polar surface area (TPSA) is 107 Å². The zero-order valence-electron chi connectivity index (χ0n) is 9.48. The van der Waals surface area contributed by atoms with E-state index in [-0.39, 0.29) is 17.9 Å². The van der Waals surface area contributed by atoms with Crippen molar-refractivity contribution in [1.29, 1.82) is 0 Å². The summed E-state index contributed by atoms with van der Waals surface area (Å²) in [4.78, 5) is 19.1. The number of carbonyl (C=O) groups is 1. The molecule has 18 heavy (non-hydrogen) atoms. The van der Waals surface area contributed by atoms with Gasteiger partial charge in [-0.05, 0) is 6.07 Å². The zero-order valence-corrected chi connectivity index (χ0v) is 9.48. The van der Waals surface area contributed by atoms with E-state index < -0.39 is 11.7 Å². The normalized spacial score (nSPS) is 10.3. The van der Waals surface area contributed by atoms with Crippen LogP contribution in [-0.2, 0) is 6.54 Å². The van der Waals surface area contributed by atoms with E-state index in [1.54, 1.807) is 6.92 Å². The highest BCUT2D eigenvalue weighted by Gasteiger charge is 2.15. The van der Waals surface area contributed by atoms with Crippen LogP contribution in [0.4, 0.5) is 10.2 Å². The van der Waals surface area contributed by atoms with Crippen LogP contribution >= 0.6 is 0 Å². The molecule has 0 atom stereocenters. The lowest BCUT2D eigenvalue weighted by Gasteiger charge is -2.04. The highest BCUT2D eigenvalue weighted by atomic mass is 19.1. The number of amides is 1. The average molecular weight is 251 g/mol. The molecule has 3 N–H and O–H groups in total. The number of halogens is 1. The van der Waals surface area contributed by atoms with Crippen molar-refractivity contribution in [3.63, 3.8) is 0 Å². The number of carbonyl (C=O) groups excluding carboxylic acids is 1. The van der Waals surface area contributed by atoms with Gasteiger partial charge in [-0.1, -0.05) is 5.16 Å². The van der Waals surface area contributed by atoms with Gasteiger partial charge in [0, 0.05) is 13.1 Å². The highest BCUT2D eigenvalue weighted by Crippen LogP contribution is 2.11. The quantitative estimate of drug-likeness (QED) is 0.818. The summed E-state index contributed by atoms with van der Waals surface area (Å²) in [5.74, 6) is -1.09. The molecule has 0 radical (unpaired) electrons. The lowest BCUT2D eigenvalue weighted by Crippen LogP contribution is -2.25. The summed E-state index contributed by atoms with van der Waals surface area (Å²) in [6.45, 7) is 1.67. The Morgan fingerprint density at radius 2 is 2.39 bits per heavy atom. The van der Waals surface area contributed by atoms with Gasteiger partial charge in [0.15, 0.2) is 17.5 Å².